The number of carbonyl (C=O) groups is 2. The van der Waals surface area contributed by atoms with Crippen molar-refractivity contribution in [1.82, 2.24) is 15.5 Å². The molecule has 0 spiro atoms. The highest BCUT2D eigenvalue weighted by molar-refractivity contribution is 5.91. The van der Waals surface area contributed by atoms with Gasteiger partial charge in [-0.05, 0) is 44.9 Å². The Balaban J connectivity index is 1.28. The third kappa shape index (κ3) is 4.26. The molecule has 0 aromatic carbocycles. The molecular weight excluding hydrogens is 361 g/mol. The zero-order chi connectivity index (χ0) is 19.7. The quantitative estimate of drug-likeness (QED) is 0.759. The lowest BCUT2D eigenvalue weighted by Crippen LogP contribution is -2.53. The Morgan fingerprint density at radius 3 is 2.86 bits per heavy atom. The lowest BCUT2D eigenvalue weighted by molar-refractivity contribution is -0.162. The summed E-state index contributed by atoms with van der Waals surface area (Å²) in [6.45, 7) is 4.58. The molecule has 2 N–H and O–H groups in total. The fourth-order valence-corrected chi connectivity index (χ4v) is 5.61. The van der Waals surface area contributed by atoms with Crippen LogP contribution in [0, 0.1) is 11.8 Å². The van der Waals surface area contributed by atoms with E-state index in [1.165, 1.54) is 0 Å². The van der Waals surface area contributed by atoms with Gasteiger partial charge in [-0.3, -0.25) is 14.5 Å². The molecule has 7 heteroatoms. The zero-order valence-electron chi connectivity index (χ0n) is 16.9. The molecule has 6 nitrogen and oxygen atoms in total. The van der Waals surface area contributed by atoms with Crippen molar-refractivity contribution >= 4 is 11.7 Å². The first-order valence-electron chi connectivity index (χ1n) is 11.1. The number of fused-ring (bicyclic) bond motifs is 1. The molecule has 1 amide bonds. The molecule has 2 aliphatic carbocycles. The third-order valence-electron chi connectivity index (χ3n) is 7.35. The summed E-state index contributed by atoms with van der Waals surface area (Å²) in [5.41, 5.74) is 0. The third-order valence-corrected chi connectivity index (χ3v) is 7.35. The average molecular weight is 396 g/mol. The Kier molecular flexibility index (Phi) is 6.33. The molecule has 158 valence electrons. The molecule has 4 rings (SSSR count). The number of amides is 1. The molecule has 6 unspecified atom stereocenters. The van der Waals surface area contributed by atoms with Gasteiger partial charge in [-0.15, -0.1) is 0 Å². The molecule has 4 aliphatic rings. The van der Waals surface area contributed by atoms with Crippen molar-refractivity contribution in [3.05, 3.63) is 0 Å². The molecule has 0 aromatic heterocycles. The van der Waals surface area contributed by atoms with Crippen molar-refractivity contribution in [3.8, 4) is 0 Å². The van der Waals surface area contributed by atoms with Gasteiger partial charge in [0.25, 0.3) is 0 Å². The second-order valence-corrected chi connectivity index (χ2v) is 9.15. The van der Waals surface area contributed by atoms with Crippen LogP contribution in [0.3, 0.4) is 0 Å². The molecule has 2 aliphatic heterocycles. The summed E-state index contributed by atoms with van der Waals surface area (Å²) in [5.74, 6) is 0.0869. The number of rotatable bonds is 4. The van der Waals surface area contributed by atoms with Crippen molar-refractivity contribution in [2.75, 3.05) is 19.8 Å². The van der Waals surface area contributed by atoms with Crippen LogP contribution in [0.15, 0.2) is 0 Å². The molecule has 0 bridgehead atoms. The largest absolute Gasteiger partial charge is 0.364 e. The van der Waals surface area contributed by atoms with Crippen molar-refractivity contribution in [2.24, 2.45) is 11.8 Å². The van der Waals surface area contributed by atoms with Crippen LogP contribution < -0.4 is 10.6 Å². The van der Waals surface area contributed by atoms with Crippen molar-refractivity contribution in [2.45, 2.75) is 88.8 Å². The van der Waals surface area contributed by atoms with Crippen molar-refractivity contribution in [1.29, 1.82) is 0 Å². The first-order valence-corrected chi connectivity index (χ1v) is 11.1. The summed E-state index contributed by atoms with van der Waals surface area (Å²) < 4.78 is 20.8. The molecule has 28 heavy (non-hydrogen) atoms. The van der Waals surface area contributed by atoms with Gasteiger partial charge < -0.3 is 15.4 Å². The number of hydrogen-bond acceptors (Lipinski definition) is 5. The average Bonchev–Trinajstić information content (AvgIpc) is 3.22. The van der Waals surface area contributed by atoms with Gasteiger partial charge in [-0.2, -0.15) is 0 Å². The van der Waals surface area contributed by atoms with E-state index < -0.39 is 12.3 Å². The maximum Gasteiger partial charge on any atom is 0.249 e. The van der Waals surface area contributed by atoms with E-state index in [0.717, 1.165) is 58.3 Å². The first kappa shape index (κ1) is 20.2. The van der Waals surface area contributed by atoms with Crippen LogP contribution in [0.2, 0.25) is 0 Å². The molecule has 2 saturated heterocycles. The number of alkyl halides is 1. The molecule has 2 heterocycles. The fraction of sp³-hybridized carbons (Fsp3) is 0.905. The van der Waals surface area contributed by atoms with Gasteiger partial charge in [0.05, 0.1) is 6.10 Å². The number of ketones is 1. The van der Waals surface area contributed by atoms with E-state index in [0.29, 0.717) is 6.42 Å². The lowest BCUT2D eigenvalue weighted by atomic mass is 9.79. The van der Waals surface area contributed by atoms with Crippen LogP contribution in [0.25, 0.3) is 0 Å². The summed E-state index contributed by atoms with van der Waals surface area (Å²) in [5, 5.41) is 6.30. The number of Topliss-reactive ketones (excluding diaryl/α,β-unsaturated/α-hetero) is 1. The maximum atomic E-state index is 14.8. The normalized spacial score (nSPS) is 40.7. The summed E-state index contributed by atoms with van der Waals surface area (Å²) in [6.07, 6.45) is 4.68. The summed E-state index contributed by atoms with van der Waals surface area (Å²) in [6, 6.07) is -0.108. The van der Waals surface area contributed by atoms with Crippen molar-refractivity contribution in [3.63, 3.8) is 0 Å². The number of hydrogen-bond donors (Lipinski definition) is 2. The van der Waals surface area contributed by atoms with Crippen LogP contribution in [-0.2, 0) is 14.3 Å². The van der Waals surface area contributed by atoms with Crippen molar-refractivity contribution < 1.29 is 18.7 Å². The molecule has 0 aromatic rings. The van der Waals surface area contributed by atoms with E-state index in [4.69, 9.17) is 4.74 Å². The Hall–Kier alpha value is -1.05. The minimum Gasteiger partial charge on any atom is -0.364 e. The van der Waals surface area contributed by atoms with Gasteiger partial charge in [0.15, 0.2) is 0 Å². The Morgan fingerprint density at radius 1 is 1.29 bits per heavy atom. The highest BCUT2D eigenvalue weighted by Gasteiger charge is 2.42. The summed E-state index contributed by atoms with van der Waals surface area (Å²) >= 11 is 0. The van der Waals surface area contributed by atoms with E-state index in [-0.39, 0.29) is 48.1 Å². The fourth-order valence-electron chi connectivity index (χ4n) is 5.61. The summed E-state index contributed by atoms with van der Waals surface area (Å²) in [7, 11) is 0. The van der Waals surface area contributed by atoms with Crippen LogP contribution in [0.1, 0.15) is 58.3 Å². The number of carbonyl (C=O) groups excluding carboxylic acids is 2. The number of nitrogens with zero attached hydrogens (tertiary/aromatic N) is 1. The standard InChI is InChI=1S/C21H34FN3O3/c1-13(14-6-7-17(16(22)10-14)25-9-8-23-12-25)24-21(27)20-11-18(26)15-4-2-3-5-19(15)28-20/h13-17,19-20,23H,2-12H2,1H3,(H,24,27)/t13-,14?,15?,16?,17?,19?,20?/m0/s1. The van der Waals surface area contributed by atoms with Crippen LogP contribution in [0.5, 0.6) is 0 Å². The zero-order valence-corrected chi connectivity index (χ0v) is 16.9. The molecule has 7 atom stereocenters. The highest BCUT2D eigenvalue weighted by Crippen LogP contribution is 2.35. The van der Waals surface area contributed by atoms with Gasteiger partial charge in [0, 0.05) is 44.2 Å². The van der Waals surface area contributed by atoms with Gasteiger partial charge >= 0.3 is 0 Å². The van der Waals surface area contributed by atoms with Crippen LogP contribution in [-0.4, -0.2) is 66.8 Å². The second-order valence-electron chi connectivity index (χ2n) is 9.15. The number of ether oxygens (including phenoxy) is 1. The van der Waals surface area contributed by atoms with E-state index in [1.54, 1.807) is 0 Å². The smallest absolute Gasteiger partial charge is 0.249 e. The number of nitrogens with one attached hydrogen (secondary N) is 2. The topological polar surface area (TPSA) is 70.7 Å². The predicted molar refractivity (Wildman–Crippen MR) is 103 cm³/mol. The van der Waals surface area contributed by atoms with Gasteiger partial charge in [0.1, 0.15) is 18.1 Å². The van der Waals surface area contributed by atoms with E-state index >= 15 is 0 Å². The first-order chi connectivity index (χ1) is 13.5. The van der Waals surface area contributed by atoms with Gasteiger partial charge in [-0.1, -0.05) is 12.8 Å². The molecular formula is C21H34FN3O3. The predicted octanol–water partition coefficient (Wildman–Crippen LogP) is 1.78. The van der Waals surface area contributed by atoms with Gasteiger partial charge in [-0.25, -0.2) is 4.39 Å². The highest BCUT2D eigenvalue weighted by atomic mass is 19.1. The Labute approximate surface area is 166 Å². The second kappa shape index (κ2) is 8.76. The minimum atomic E-state index is -0.853. The van der Waals surface area contributed by atoms with E-state index in [1.807, 2.05) is 6.92 Å². The monoisotopic (exact) mass is 395 g/mol. The van der Waals surface area contributed by atoms with Gasteiger partial charge in [0.2, 0.25) is 5.91 Å². The molecule has 2 saturated carbocycles. The Bertz CT molecular complexity index is 583. The molecule has 0 radical (unpaired) electrons. The summed E-state index contributed by atoms with van der Waals surface area (Å²) in [4.78, 5) is 27.3. The van der Waals surface area contributed by atoms with Crippen LogP contribution >= 0.6 is 0 Å². The van der Waals surface area contributed by atoms with E-state index in [9.17, 15) is 14.0 Å². The maximum absolute atomic E-state index is 14.8. The SMILES string of the molecule is C[C@H](NC(=O)C1CC(=O)C2CCCCC2O1)C1CCC(N2CCNC2)C(F)C1. The number of halogens is 1. The Morgan fingerprint density at radius 2 is 2.11 bits per heavy atom. The van der Waals surface area contributed by atoms with E-state index in [2.05, 4.69) is 15.5 Å². The van der Waals surface area contributed by atoms with Crippen LogP contribution in [0.4, 0.5) is 4.39 Å². The minimum absolute atomic E-state index is 0.00307. The lowest BCUT2D eigenvalue weighted by Gasteiger charge is -2.40. The molecule has 4 fully saturated rings.